The van der Waals surface area contributed by atoms with Crippen molar-refractivity contribution in [3.63, 3.8) is 0 Å². The summed E-state index contributed by atoms with van der Waals surface area (Å²) >= 11 is 0. The number of piperidine rings is 1. The minimum atomic E-state index is -0.406. The van der Waals surface area contributed by atoms with Crippen molar-refractivity contribution in [2.24, 2.45) is 0 Å². The second-order valence-corrected chi connectivity index (χ2v) is 7.48. The summed E-state index contributed by atoms with van der Waals surface area (Å²) in [5, 5.41) is 11.8. The largest absolute Gasteiger partial charge is 0.378 e. The first-order valence-electron chi connectivity index (χ1n) is 10.2. The number of anilines is 4. The van der Waals surface area contributed by atoms with E-state index < -0.39 is 5.79 Å². The Morgan fingerprint density at radius 3 is 2.45 bits per heavy atom. The molecule has 2 aromatic rings. The highest BCUT2D eigenvalue weighted by Crippen LogP contribution is 2.33. The van der Waals surface area contributed by atoms with Crippen LogP contribution in [-0.2, 0) is 14.2 Å². The Hall–Kier alpha value is -2.49. The fraction of sp³-hybridized carbons (Fsp3) is 0.550. The SMILES string of the molecule is c1ccc(N2CCOCC2)c(Nc2cnnc(N3CCC4(CC3)OCCO4)n2)c1. The van der Waals surface area contributed by atoms with Gasteiger partial charge in [0.1, 0.15) is 0 Å². The summed E-state index contributed by atoms with van der Waals surface area (Å²) in [5.41, 5.74) is 2.15. The van der Waals surface area contributed by atoms with Crippen molar-refractivity contribution < 1.29 is 14.2 Å². The van der Waals surface area contributed by atoms with E-state index in [2.05, 4.69) is 43.5 Å². The van der Waals surface area contributed by atoms with Crippen molar-refractivity contribution in [3.8, 4) is 0 Å². The van der Waals surface area contributed by atoms with Gasteiger partial charge in [-0.15, -0.1) is 5.10 Å². The number of aromatic nitrogens is 3. The molecule has 0 aliphatic carbocycles. The molecule has 0 bridgehead atoms. The van der Waals surface area contributed by atoms with Crippen molar-refractivity contribution in [3.05, 3.63) is 30.5 Å². The molecular formula is C20H26N6O3. The van der Waals surface area contributed by atoms with Gasteiger partial charge in [-0.1, -0.05) is 12.1 Å². The van der Waals surface area contributed by atoms with Crippen molar-refractivity contribution >= 4 is 23.1 Å². The molecule has 9 heteroatoms. The zero-order chi connectivity index (χ0) is 19.5. The molecule has 1 aromatic heterocycles. The Bertz CT molecular complexity index is 828. The molecule has 1 spiro atoms. The van der Waals surface area contributed by atoms with E-state index in [4.69, 9.17) is 19.2 Å². The molecule has 0 radical (unpaired) electrons. The summed E-state index contributed by atoms with van der Waals surface area (Å²) in [5.74, 6) is 0.910. The predicted molar refractivity (Wildman–Crippen MR) is 109 cm³/mol. The molecule has 3 aliphatic heterocycles. The first-order valence-corrected chi connectivity index (χ1v) is 10.2. The van der Waals surface area contributed by atoms with E-state index in [-0.39, 0.29) is 0 Å². The first-order chi connectivity index (χ1) is 14.3. The number of rotatable bonds is 4. The van der Waals surface area contributed by atoms with Gasteiger partial charge < -0.3 is 29.3 Å². The van der Waals surface area contributed by atoms with Crippen LogP contribution in [0.1, 0.15) is 12.8 Å². The third-order valence-electron chi connectivity index (χ3n) is 5.69. The van der Waals surface area contributed by atoms with Crippen molar-refractivity contribution in [1.29, 1.82) is 0 Å². The third-order valence-corrected chi connectivity index (χ3v) is 5.69. The minimum absolute atomic E-state index is 0.406. The highest BCUT2D eigenvalue weighted by atomic mass is 16.7. The Labute approximate surface area is 170 Å². The van der Waals surface area contributed by atoms with E-state index in [0.717, 1.165) is 63.6 Å². The molecule has 29 heavy (non-hydrogen) atoms. The van der Waals surface area contributed by atoms with E-state index in [9.17, 15) is 0 Å². The lowest BCUT2D eigenvalue weighted by molar-refractivity contribution is -0.169. The monoisotopic (exact) mass is 398 g/mol. The smallest absolute Gasteiger partial charge is 0.247 e. The van der Waals surface area contributed by atoms with Gasteiger partial charge in [-0.05, 0) is 12.1 Å². The van der Waals surface area contributed by atoms with E-state index in [1.54, 1.807) is 6.20 Å². The van der Waals surface area contributed by atoms with Crippen LogP contribution >= 0.6 is 0 Å². The van der Waals surface area contributed by atoms with Gasteiger partial charge in [0.05, 0.1) is 44.0 Å². The maximum absolute atomic E-state index is 5.81. The number of hydrogen-bond acceptors (Lipinski definition) is 9. The zero-order valence-corrected chi connectivity index (χ0v) is 16.4. The molecule has 1 N–H and O–H groups in total. The number of hydrogen-bond donors (Lipinski definition) is 1. The normalized spacial score (nSPS) is 21.5. The Balaban J connectivity index is 1.30. The zero-order valence-electron chi connectivity index (χ0n) is 16.4. The van der Waals surface area contributed by atoms with Crippen LogP contribution in [0.2, 0.25) is 0 Å². The highest BCUT2D eigenvalue weighted by Gasteiger charge is 2.40. The lowest BCUT2D eigenvalue weighted by atomic mass is 10.0. The molecule has 0 amide bonds. The average molecular weight is 398 g/mol. The summed E-state index contributed by atoms with van der Waals surface area (Å²) < 4.78 is 17.1. The Kier molecular flexibility index (Phi) is 5.17. The van der Waals surface area contributed by atoms with Crippen LogP contribution in [-0.4, -0.2) is 73.6 Å². The van der Waals surface area contributed by atoms with Gasteiger partial charge in [0.25, 0.3) is 0 Å². The summed E-state index contributed by atoms with van der Waals surface area (Å²) in [4.78, 5) is 9.18. The number of para-hydroxylation sites is 2. The molecule has 3 aliphatic rings. The topological polar surface area (TPSA) is 84.9 Å². The number of benzene rings is 1. The molecule has 3 saturated heterocycles. The van der Waals surface area contributed by atoms with Gasteiger partial charge in [-0.3, -0.25) is 0 Å². The first kappa shape index (κ1) is 18.5. The fourth-order valence-electron chi connectivity index (χ4n) is 4.12. The summed E-state index contributed by atoms with van der Waals surface area (Å²) in [6.07, 6.45) is 3.29. The second-order valence-electron chi connectivity index (χ2n) is 7.48. The van der Waals surface area contributed by atoms with Gasteiger partial charge in [-0.25, -0.2) is 0 Å². The van der Waals surface area contributed by atoms with E-state index in [1.807, 2.05) is 6.07 Å². The molecule has 9 nitrogen and oxygen atoms in total. The summed E-state index contributed by atoms with van der Waals surface area (Å²) in [6, 6.07) is 8.25. The number of nitrogens with one attached hydrogen (secondary N) is 1. The van der Waals surface area contributed by atoms with Crippen LogP contribution in [0.3, 0.4) is 0 Å². The van der Waals surface area contributed by atoms with E-state index in [0.29, 0.717) is 25.0 Å². The Morgan fingerprint density at radius 1 is 0.897 bits per heavy atom. The third kappa shape index (κ3) is 3.98. The molecule has 3 fully saturated rings. The number of nitrogens with zero attached hydrogens (tertiary/aromatic N) is 5. The lowest BCUT2D eigenvalue weighted by Crippen LogP contribution is -2.45. The fourth-order valence-corrected chi connectivity index (χ4v) is 4.12. The molecule has 1 aromatic carbocycles. The predicted octanol–water partition coefficient (Wildman–Crippen LogP) is 1.80. The van der Waals surface area contributed by atoms with Gasteiger partial charge in [0, 0.05) is 39.0 Å². The van der Waals surface area contributed by atoms with Crippen LogP contribution < -0.4 is 15.1 Å². The summed E-state index contributed by atoms with van der Waals surface area (Å²) in [6.45, 7) is 6.19. The number of morpholine rings is 1. The van der Waals surface area contributed by atoms with Crippen LogP contribution in [0.5, 0.6) is 0 Å². The Morgan fingerprint density at radius 2 is 1.66 bits per heavy atom. The van der Waals surface area contributed by atoms with Gasteiger partial charge >= 0.3 is 0 Å². The quantitative estimate of drug-likeness (QED) is 0.828. The van der Waals surface area contributed by atoms with Crippen molar-refractivity contribution in [1.82, 2.24) is 15.2 Å². The second kappa shape index (κ2) is 8.10. The van der Waals surface area contributed by atoms with Crippen LogP contribution in [0.4, 0.5) is 23.1 Å². The van der Waals surface area contributed by atoms with Crippen LogP contribution in [0.15, 0.2) is 30.5 Å². The molecular weight excluding hydrogens is 372 g/mol. The van der Waals surface area contributed by atoms with Crippen LogP contribution in [0, 0.1) is 0 Å². The lowest BCUT2D eigenvalue weighted by Gasteiger charge is -2.37. The van der Waals surface area contributed by atoms with Gasteiger partial charge in [0.2, 0.25) is 5.95 Å². The van der Waals surface area contributed by atoms with Gasteiger partial charge in [-0.2, -0.15) is 10.1 Å². The van der Waals surface area contributed by atoms with Gasteiger partial charge in [0.15, 0.2) is 11.6 Å². The minimum Gasteiger partial charge on any atom is -0.378 e. The standard InChI is InChI=1S/C20H26N6O3/c1-2-4-17(25-9-11-27-12-10-25)16(3-1)22-18-15-21-24-19(23-18)26-7-5-20(6-8-26)28-13-14-29-20/h1-4,15H,5-14H2,(H,22,23,24). The maximum Gasteiger partial charge on any atom is 0.247 e. The molecule has 154 valence electrons. The van der Waals surface area contributed by atoms with E-state index >= 15 is 0 Å². The maximum atomic E-state index is 5.81. The molecule has 0 saturated carbocycles. The van der Waals surface area contributed by atoms with E-state index in [1.165, 1.54) is 0 Å². The average Bonchev–Trinajstić information content (AvgIpc) is 3.23. The molecule has 0 unspecified atom stereocenters. The molecule has 4 heterocycles. The van der Waals surface area contributed by atoms with Crippen molar-refractivity contribution in [2.75, 3.05) is 67.7 Å². The molecule has 0 atom stereocenters. The van der Waals surface area contributed by atoms with Crippen molar-refractivity contribution in [2.45, 2.75) is 18.6 Å². The molecule has 5 rings (SSSR count). The number of ether oxygens (including phenoxy) is 3. The van der Waals surface area contributed by atoms with Crippen LogP contribution in [0.25, 0.3) is 0 Å². The highest BCUT2D eigenvalue weighted by molar-refractivity contribution is 5.74. The summed E-state index contributed by atoms with van der Waals surface area (Å²) in [7, 11) is 0.